The van der Waals surface area contributed by atoms with Crippen LogP contribution >= 0.6 is 11.6 Å². The zero-order chi connectivity index (χ0) is 32.7. The van der Waals surface area contributed by atoms with Gasteiger partial charge in [0.15, 0.2) is 0 Å². The van der Waals surface area contributed by atoms with Crippen LogP contribution in [0.5, 0.6) is 5.75 Å². The lowest BCUT2D eigenvalue weighted by atomic mass is 9.64. The molecule has 2 heterocycles. The number of halogens is 1. The number of nitrogens with zero attached hydrogens (tertiary/aromatic N) is 1. The van der Waals surface area contributed by atoms with Gasteiger partial charge in [-0.25, -0.2) is 4.21 Å². The molecule has 7 atom stereocenters. The van der Waals surface area contributed by atoms with E-state index in [4.69, 9.17) is 16.3 Å². The Balaban J connectivity index is 1.45. The molecule has 2 aliphatic heterocycles. The van der Waals surface area contributed by atoms with E-state index >= 15 is 0 Å². The third kappa shape index (κ3) is 6.32. The monoisotopic (exact) mass is 664 g/mol. The second-order valence-corrected chi connectivity index (χ2v) is 16.6. The van der Waals surface area contributed by atoms with E-state index < -0.39 is 26.5 Å². The molecule has 246 valence electrons. The predicted molar refractivity (Wildman–Crippen MR) is 186 cm³/mol. The van der Waals surface area contributed by atoms with E-state index in [1.807, 2.05) is 38.1 Å². The van der Waals surface area contributed by atoms with Crippen LogP contribution in [-0.4, -0.2) is 63.4 Å². The fourth-order valence-corrected chi connectivity index (χ4v) is 9.44. The third-order valence-electron chi connectivity index (χ3n) is 10.8. The Bertz CT molecular complexity index is 1700. The Hall–Kier alpha value is -2.96. The zero-order valence-electron chi connectivity index (χ0n) is 26.8. The summed E-state index contributed by atoms with van der Waals surface area (Å²) < 4.78 is 23.1. The summed E-state index contributed by atoms with van der Waals surface area (Å²) in [6, 6.07) is 11.6. The first-order chi connectivity index (χ1) is 21.9. The number of ether oxygens (including phenoxy) is 1. The summed E-state index contributed by atoms with van der Waals surface area (Å²) in [6.07, 6.45) is 9.24. The number of aliphatic hydroxyl groups excluding tert-OH is 1. The maximum atomic E-state index is 13.8. The van der Waals surface area contributed by atoms with Crippen molar-refractivity contribution in [2.75, 3.05) is 31.2 Å². The zero-order valence-corrected chi connectivity index (χ0v) is 28.3. The number of nitrogens with one attached hydrogen (secondary N) is 1. The highest BCUT2D eigenvalue weighted by molar-refractivity contribution is 7.99. The molecule has 3 N–H and O–H groups in total. The number of amides is 1. The first-order valence-electron chi connectivity index (χ1n) is 16.4. The van der Waals surface area contributed by atoms with Crippen molar-refractivity contribution in [3.8, 4) is 17.6 Å². The van der Waals surface area contributed by atoms with Crippen LogP contribution in [0, 0.1) is 29.6 Å². The SMILES string of the molecule is C=S1(=O)NC(=O)c2ccc3c(c2)N(C[C@@H]2CC[C@H]2[C@@](O)(C#CCCO)/C=C/C[C@H](C)[C@H]1C)C[C@@]1(CCCc2cc(Cl)ccc21)CO3. The van der Waals surface area contributed by atoms with Crippen LogP contribution in [0.15, 0.2) is 48.6 Å². The van der Waals surface area contributed by atoms with Gasteiger partial charge in [-0.3, -0.25) is 9.52 Å². The van der Waals surface area contributed by atoms with Gasteiger partial charge in [-0.15, -0.1) is 0 Å². The molecule has 2 bridgehead atoms. The number of rotatable bonds is 1. The third-order valence-corrected chi connectivity index (χ3v) is 13.2. The van der Waals surface area contributed by atoms with Gasteiger partial charge in [-0.2, -0.15) is 0 Å². The Morgan fingerprint density at radius 2 is 2.04 bits per heavy atom. The maximum absolute atomic E-state index is 13.8. The van der Waals surface area contributed by atoms with Crippen LogP contribution in [-0.2, 0) is 21.5 Å². The van der Waals surface area contributed by atoms with Gasteiger partial charge in [0, 0.05) is 46.7 Å². The average Bonchev–Trinajstić information content (AvgIpc) is 3.15. The number of benzene rings is 2. The molecule has 1 spiro atoms. The molecule has 4 aliphatic rings. The molecular formula is C37H45ClN2O5S. The Kier molecular flexibility index (Phi) is 9.26. The molecule has 0 radical (unpaired) electrons. The number of aliphatic hydroxyl groups is 2. The fraction of sp³-hybridized carbons (Fsp3) is 0.514. The number of hydrogen-bond acceptors (Lipinski definition) is 6. The normalized spacial score (nSPS) is 34.8. The van der Waals surface area contributed by atoms with Crippen molar-refractivity contribution in [1.82, 2.24) is 4.72 Å². The summed E-state index contributed by atoms with van der Waals surface area (Å²) >= 11 is 6.43. The molecule has 46 heavy (non-hydrogen) atoms. The van der Waals surface area contributed by atoms with Crippen molar-refractivity contribution < 1.29 is 24.0 Å². The van der Waals surface area contributed by atoms with E-state index in [0.717, 1.165) is 42.8 Å². The Morgan fingerprint density at radius 3 is 2.80 bits per heavy atom. The summed E-state index contributed by atoms with van der Waals surface area (Å²) in [4.78, 5) is 15.9. The van der Waals surface area contributed by atoms with E-state index in [1.165, 1.54) is 11.1 Å². The van der Waals surface area contributed by atoms with Crippen molar-refractivity contribution in [3.63, 3.8) is 0 Å². The highest BCUT2D eigenvalue weighted by atomic mass is 35.5. The van der Waals surface area contributed by atoms with Gasteiger partial charge in [0.05, 0.1) is 28.6 Å². The number of aryl methyl sites for hydroxylation is 1. The first-order valence-corrected chi connectivity index (χ1v) is 18.6. The molecule has 2 aromatic rings. The van der Waals surface area contributed by atoms with Gasteiger partial charge in [0.25, 0.3) is 5.91 Å². The molecule has 0 aromatic heterocycles. The molecule has 0 saturated heterocycles. The number of hydrogen-bond donors (Lipinski definition) is 3. The van der Waals surface area contributed by atoms with E-state index in [1.54, 1.807) is 12.1 Å². The van der Waals surface area contributed by atoms with Gasteiger partial charge in [0.2, 0.25) is 0 Å². The summed E-state index contributed by atoms with van der Waals surface area (Å²) in [5.74, 6) is 10.3. The van der Waals surface area contributed by atoms with E-state index in [-0.39, 0.29) is 36.2 Å². The first kappa shape index (κ1) is 33.0. The lowest BCUT2D eigenvalue weighted by Crippen LogP contribution is -2.52. The van der Waals surface area contributed by atoms with Gasteiger partial charge in [-0.05, 0) is 111 Å². The second-order valence-electron chi connectivity index (χ2n) is 13.8. The van der Waals surface area contributed by atoms with E-state index in [0.29, 0.717) is 37.4 Å². The average molecular weight is 665 g/mol. The van der Waals surface area contributed by atoms with Crippen LogP contribution < -0.4 is 14.4 Å². The minimum absolute atomic E-state index is 0.0688. The minimum atomic E-state index is -3.00. The van der Waals surface area contributed by atoms with Crippen LogP contribution in [0.3, 0.4) is 0 Å². The number of anilines is 1. The summed E-state index contributed by atoms with van der Waals surface area (Å²) in [6.45, 7) is 5.56. The number of carbonyl (C=O) groups is 1. The second kappa shape index (κ2) is 12.9. The van der Waals surface area contributed by atoms with Crippen molar-refractivity contribution in [3.05, 3.63) is 70.3 Å². The molecule has 1 amide bonds. The topological polar surface area (TPSA) is 99.1 Å². The van der Waals surface area contributed by atoms with Crippen molar-refractivity contribution in [1.29, 1.82) is 0 Å². The predicted octanol–water partition coefficient (Wildman–Crippen LogP) is 5.30. The van der Waals surface area contributed by atoms with Gasteiger partial charge >= 0.3 is 0 Å². The van der Waals surface area contributed by atoms with Gasteiger partial charge < -0.3 is 19.8 Å². The molecule has 2 aromatic carbocycles. The molecule has 6 rings (SSSR count). The van der Waals surface area contributed by atoms with Gasteiger partial charge in [0.1, 0.15) is 11.4 Å². The Morgan fingerprint density at radius 1 is 1.22 bits per heavy atom. The minimum Gasteiger partial charge on any atom is -0.490 e. The molecule has 7 nitrogen and oxygen atoms in total. The van der Waals surface area contributed by atoms with Crippen LogP contribution in [0.4, 0.5) is 5.69 Å². The van der Waals surface area contributed by atoms with Gasteiger partial charge in [-0.1, -0.05) is 42.5 Å². The molecular weight excluding hydrogens is 620 g/mol. The lowest BCUT2D eigenvalue weighted by Gasteiger charge is -2.47. The highest BCUT2D eigenvalue weighted by Gasteiger charge is 2.47. The molecule has 1 saturated carbocycles. The summed E-state index contributed by atoms with van der Waals surface area (Å²) in [5, 5.41) is 21.8. The smallest absolute Gasteiger partial charge is 0.262 e. The number of allylic oxidation sites excluding steroid dienone is 1. The van der Waals surface area contributed by atoms with Crippen LogP contribution in [0.2, 0.25) is 5.02 Å². The van der Waals surface area contributed by atoms with E-state index in [2.05, 4.69) is 39.5 Å². The summed E-state index contributed by atoms with van der Waals surface area (Å²) in [5.41, 5.74) is 2.06. The lowest BCUT2D eigenvalue weighted by molar-refractivity contribution is -0.00326. The van der Waals surface area contributed by atoms with Crippen molar-refractivity contribution in [2.45, 2.75) is 75.1 Å². The van der Waals surface area contributed by atoms with Crippen molar-refractivity contribution >= 4 is 38.8 Å². The number of carbonyl (C=O) groups excluding carboxylic acids is 1. The highest BCUT2D eigenvalue weighted by Crippen LogP contribution is 2.48. The Labute approximate surface area is 278 Å². The molecule has 9 heteroatoms. The quantitative estimate of drug-likeness (QED) is 0.217. The largest absolute Gasteiger partial charge is 0.490 e. The maximum Gasteiger partial charge on any atom is 0.262 e. The molecule has 2 aliphatic carbocycles. The van der Waals surface area contributed by atoms with Crippen LogP contribution in [0.1, 0.15) is 73.9 Å². The van der Waals surface area contributed by atoms with Crippen LogP contribution in [0.25, 0.3) is 0 Å². The van der Waals surface area contributed by atoms with Crippen molar-refractivity contribution in [2.24, 2.45) is 17.8 Å². The molecule has 1 unspecified atom stereocenters. The summed E-state index contributed by atoms with van der Waals surface area (Å²) in [7, 11) is -3.00. The van der Waals surface area contributed by atoms with E-state index in [9.17, 15) is 19.2 Å². The number of fused-ring (bicyclic) bond motifs is 4. The molecule has 1 fully saturated rings. The standard InChI is InChI=1S/C37H45ClN2O5S/c1-25-8-6-18-37(43,17-4-5-19-41)32-13-10-29(32)22-40-23-36(16-7-9-27-20-30(38)12-14-31(27)36)24-45-34-15-11-28(21-33(34)40)35(42)39-46(3,44)26(25)2/h6,11-12,14-15,18,20-21,25-26,29,32,41,43H,3,5,7-10,13,16,19,22-24H2,1-2H3,(H,39,42,44)/b18-6+/t25-,26+,29-,32+,36-,37+,46?/m0/s1. The fourth-order valence-electron chi connectivity index (χ4n) is 7.76.